The molecule has 2 aromatic rings. The molecule has 0 radical (unpaired) electrons. The molecule has 0 aromatic carbocycles. The first-order valence-electron chi connectivity index (χ1n) is 5.10. The van der Waals surface area contributed by atoms with Crippen LogP contribution < -0.4 is 10.5 Å². The van der Waals surface area contributed by atoms with Crippen molar-refractivity contribution < 1.29 is 4.74 Å². The van der Waals surface area contributed by atoms with E-state index in [2.05, 4.69) is 9.97 Å². The molecule has 2 heterocycles. The third-order valence-corrected chi connectivity index (χ3v) is 2.17. The summed E-state index contributed by atoms with van der Waals surface area (Å²) in [6.07, 6.45) is 5.09. The van der Waals surface area contributed by atoms with E-state index in [1.807, 2.05) is 25.1 Å². The van der Waals surface area contributed by atoms with Crippen LogP contribution in [-0.4, -0.2) is 16.6 Å². The lowest BCUT2D eigenvalue weighted by Crippen LogP contribution is -1.95. The van der Waals surface area contributed by atoms with Gasteiger partial charge in [-0.25, -0.2) is 4.98 Å². The van der Waals surface area contributed by atoms with Gasteiger partial charge in [0, 0.05) is 23.5 Å². The van der Waals surface area contributed by atoms with Crippen molar-refractivity contribution in [3.8, 4) is 16.9 Å². The van der Waals surface area contributed by atoms with Crippen molar-refractivity contribution in [3.63, 3.8) is 0 Å². The van der Waals surface area contributed by atoms with Gasteiger partial charge in [-0.3, -0.25) is 4.98 Å². The molecule has 0 saturated heterocycles. The number of rotatable bonds is 3. The Bertz CT molecular complexity index is 485. The van der Waals surface area contributed by atoms with E-state index in [9.17, 15) is 0 Å². The van der Waals surface area contributed by atoms with Crippen molar-refractivity contribution >= 4 is 5.82 Å². The third kappa shape index (κ3) is 2.11. The monoisotopic (exact) mass is 215 g/mol. The molecule has 2 aromatic heterocycles. The molecule has 0 atom stereocenters. The summed E-state index contributed by atoms with van der Waals surface area (Å²) < 4.78 is 5.38. The van der Waals surface area contributed by atoms with Crippen molar-refractivity contribution in [1.29, 1.82) is 0 Å². The second-order valence-corrected chi connectivity index (χ2v) is 3.28. The van der Waals surface area contributed by atoms with Gasteiger partial charge in [-0.15, -0.1) is 0 Å². The highest BCUT2D eigenvalue weighted by Gasteiger charge is 2.04. The predicted octanol–water partition coefficient (Wildman–Crippen LogP) is 2.12. The molecule has 0 spiro atoms. The molecule has 4 nitrogen and oxygen atoms in total. The number of hydrogen-bond donors (Lipinski definition) is 1. The van der Waals surface area contributed by atoms with E-state index < -0.39 is 0 Å². The van der Waals surface area contributed by atoms with Crippen LogP contribution >= 0.6 is 0 Å². The van der Waals surface area contributed by atoms with Gasteiger partial charge < -0.3 is 10.5 Å². The molecular weight excluding hydrogens is 202 g/mol. The topological polar surface area (TPSA) is 61.0 Å². The second kappa shape index (κ2) is 4.61. The number of nitrogens with two attached hydrogens (primary N) is 1. The summed E-state index contributed by atoms with van der Waals surface area (Å²) in [5.41, 5.74) is 7.58. The molecule has 4 heteroatoms. The van der Waals surface area contributed by atoms with Crippen LogP contribution in [0.25, 0.3) is 11.1 Å². The number of nitrogens with zero attached hydrogens (tertiary/aromatic N) is 2. The Hall–Kier alpha value is -2.10. The van der Waals surface area contributed by atoms with Gasteiger partial charge in [0.15, 0.2) is 0 Å². The minimum atomic E-state index is 0.498. The van der Waals surface area contributed by atoms with E-state index in [4.69, 9.17) is 10.5 Å². The van der Waals surface area contributed by atoms with E-state index in [1.54, 1.807) is 18.6 Å². The minimum absolute atomic E-state index is 0.498. The largest absolute Gasteiger partial charge is 0.492 e. The first-order valence-corrected chi connectivity index (χ1v) is 5.10. The van der Waals surface area contributed by atoms with Gasteiger partial charge in [-0.05, 0) is 25.1 Å². The lowest BCUT2D eigenvalue weighted by atomic mass is 10.1. The zero-order chi connectivity index (χ0) is 11.4. The Balaban J connectivity index is 2.40. The van der Waals surface area contributed by atoms with Gasteiger partial charge in [0.05, 0.1) is 12.8 Å². The van der Waals surface area contributed by atoms with Crippen molar-refractivity contribution in [3.05, 3.63) is 36.8 Å². The molecule has 0 saturated carbocycles. The fourth-order valence-electron chi connectivity index (χ4n) is 1.47. The third-order valence-electron chi connectivity index (χ3n) is 2.17. The molecule has 82 valence electrons. The summed E-state index contributed by atoms with van der Waals surface area (Å²) in [7, 11) is 0. The standard InChI is InChI=1S/C12H13N3O/c1-2-16-10-6-9(7-14-8-10)11-4-3-5-15-12(11)13/h3-8H,2H2,1H3,(H2,13,15). The second-order valence-electron chi connectivity index (χ2n) is 3.28. The molecule has 16 heavy (non-hydrogen) atoms. The fourth-order valence-corrected chi connectivity index (χ4v) is 1.47. The molecule has 2 N–H and O–H groups in total. The summed E-state index contributed by atoms with van der Waals surface area (Å²) in [5, 5.41) is 0. The summed E-state index contributed by atoms with van der Waals surface area (Å²) in [6.45, 7) is 2.55. The van der Waals surface area contributed by atoms with Crippen molar-refractivity contribution in [2.45, 2.75) is 6.92 Å². The summed E-state index contributed by atoms with van der Waals surface area (Å²) in [5.74, 6) is 1.24. The number of anilines is 1. The van der Waals surface area contributed by atoms with Crippen molar-refractivity contribution in [2.24, 2.45) is 0 Å². The zero-order valence-corrected chi connectivity index (χ0v) is 9.05. The summed E-state index contributed by atoms with van der Waals surface area (Å²) in [6, 6.07) is 5.66. The van der Waals surface area contributed by atoms with Crippen LogP contribution in [0.2, 0.25) is 0 Å². The number of nitrogen functional groups attached to an aromatic ring is 1. The molecule has 0 aliphatic carbocycles. The maximum Gasteiger partial charge on any atom is 0.138 e. The average molecular weight is 215 g/mol. The Labute approximate surface area is 94.1 Å². The Morgan fingerprint density at radius 1 is 1.38 bits per heavy atom. The zero-order valence-electron chi connectivity index (χ0n) is 9.05. The van der Waals surface area contributed by atoms with Crippen LogP contribution in [0.15, 0.2) is 36.8 Å². The maximum atomic E-state index is 5.80. The molecule has 0 amide bonds. The van der Waals surface area contributed by atoms with Crippen LogP contribution in [-0.2, 0) is 0 Å². The van der Waals surface area contributed by atoms with Crippen LogP contribution in [0.4, 0.5) is 5.82 Å². The molecule has 0 bridgehead atoms. The van der Waals surface area contributed by atoms with E-state index >= 15 is 0 Å². The first kappa shape index (κ1) is 10.4. The van der Waals surface area contributed by atoms with E-state index in [0.717, 1.165) is 16.9 Å². The van der Waals surface area contributed by atoms with Crippen molar-refractivity contribution in [2.75, 3.05) is 12.3 Å². The number of hydrogen-bond acceptors (Lipinski definition) is 4. The normalized spacial score (nSPS) is 10.1. The minimum Gasteiger partial charge on any atom is -0.492 e. The van der Waals surface area contributed by atoms with Crippen LogP contribution in [0.5, 0.6) is 5.75 Å². The Morgan fingerprint density at radius 3 is 3.00 bits per heavy atom. The van der Waals surface area contributed by atoms with Gasteiger partial charge in [-0.1, -0.05) is 0 Å². The first-order chi connectivity index (χ1) is 7.81. The smallest absolute Gasteiger partial charge is 0.138 e. The molecule has 0 aliphatic heterocycles. The van der Waals surface area contributed by atoms with Crippen LogP contribution in [0.1, 0.15) is 6.92 Å². The molecule has 2 rings (SSSR count). The van der Waals surface area contributed by atoms with E-state index in [0.29, 0.717) is 12.4 Å². The predicted molar refractivity (Wildman–Crippen MR) is 63.0 cm³/mol. The van der Waals surface area contributed by atoms with Gasteiger partial charge in [0.1, 0.15) is 11.6 Å². The average Bonchev–Trinajstić information content (AvgIpc) is 2.30. The quantitative estimate of drug-likeness (QED) is 0.851. The summed E-state index contributed by atoms with van der Waals surface area (Å²) in [4.78, 5) is 8.15. The Morgan fingerprint density at radius 2 is 2.25 bits per heavy atom. The fraction of sp³-hybridized carbons (Fsp3) is 0.167. The number of pyridine rings is 2. The highest BCUT2D eigenvalue weighted by Crippen LogP contribution is 2.25. The SMILES string of the molecule is CCOc1cncc(-c2cccnc2N)c1. The van der Waals surface area contributed by atoms with Gasteiger partial charge >= 0.3 is 0 Å². The van der Waals surface area contributed by atoms with Crippen LogP contribution in [0, 0.1) is 0 Å². The van der Waals surface area contributed by atoms with Crippen molar-refractivity contribution in [1.82, 2.24) is 9.97 Å². The molecule has 0 aliphatic rings. The molecular formula is C12H13N3O. The van der Waals surface area contributed by atoms with E-state index in [-0.39, 0.29) is 0 Å². The highest BCUT2D eigenvalue weighted by atomic mass is 16.5. The summed E-state index contributed by atoms with van der Waals surface area (Å²) >= 11 is 0. The maximum absolute atomic E-state index is 5.80. The number of ether oxygens (including phenoxy) is 1. The lowest BCUT2D eigenvalue weighted by Gasteiger charge is -2.06. The lowest BCUT2D eigenvalue weighted by molar-refractivity contribution is 0.339. The van der Waals surface area contributed by atoms with Gasteiger partial charge in [-0.2, -0.15) is 0 Å². The Kier molecular flexibility index (Phi) is 3.00. The molecule has 0 unspecified atom stereocenters. The number of aromatic nitrogens is 2. The van der Waals surface area contributed by atoms with Gasteiger partial charge in [0.2, 0.25) is 0 Å². The molecule has 0 fully saturated rings. The van der Waals surface area contributed by atoms with Crippen LogP contribution in [0.3, 0.4) is 0 Å². The highest BCUT2D eigenvalue weighted by molar-refractivity contribution is 5.73. The van der Waals surface area contributed by atoms with Gasteiger partial charge in [0.25, 0.3) is 0 Å². The van der Waals surface area contributed by atoms with E-state index in [1.165, 1.54) is 0 Å².